The molecular formula is C23H34N6O4. The summed E-state index contributed by atoms with van der Waals surface area (Å²) in [6, 6.07) is 0.00795. The molecule has 1 saturated heterocycles. The number of aromatic amines is 1. The zero-order chi connectivity index (χ0) is 23.8. The van der Waals surface area contributed by atoms with Gasteiger partial charge in [0.2, 0.25) is 0 Å². The van der Waals surface area contributed by atoms with Crippen LogP contribution in [0.5, 0.6) is 0 Å². The highest BCUT2D eigenvalue weighted by atomic mass is 16.6. The first-order valence-corrected chi connectivity index (χ1v) is 11.7. The molecule has 2 aromatic rings. The lowest BCUT2D eigenvalue weighted by atomic mass is 10.1. The van der Waals surface area contributed by atoms with Gasteiger partial charge in [-0.25, -0.2) is 9.78 Å². The Hall–Kier alpha value is -2.88. The van der Waals surface area contributed by atoms with Gasteiger partial charge in [-0.05, 0) is 52.5 Å². The van der Waals surface area contributed by atoms with E-state index in [0.717, 1.165) is 24.1 Å². The molecule has 0 radical (unpaired) electrons. The highest BCUT2D eigenvalue weighted by molar-refractivity contribution is 5.69. The summed E-state index contributed by atoms with van der Waals surface area (Å²) in [5.41, 5.74) is 1.61. The van der Waals surface area contributed by atoms with E-state index in [-0.39, 0.29) is 17.7 Å². The molecule has 1 amide bonds. The number of aryl methyl sites for hydroxylation is 1. The Balaban J connectivity index is 1.64. The third-order valence-electron chi connectivity index (χ3n) is 6.05. The van der Waals surface area contributed by atoms with E-state index in [9.17, 15) is 9.59 Å². The quantitative estimate of drug-likeness (QED) is 0.754. The van der Waals surface area contributed by atoms with Crippen molar-refractivity contribution in [2.24, 2.45) is 0 Å². The summed E-state index contributed by atoms with van der Waals surface area (Å²) in [5.74, 6) is 1.03. The summed E-state index contributed by atoms with van der Waals surface area (Å²) in [4.78, 5) is 39.4. The maximum absolute atomic E-state index is 13.6. The molecule has 4 heterocycles. The molecule has 2 aromatic heterocycles. The first-order chi connectivity index (χ1) is 15.7. The van der Waals surface area contributed by atoms with Crippen LogP contribution in [-0.2, 0) is 15.9 Å². The second-order valence-electron chi connectivity index (χ2n) is 9.63. The number of H-pyrrole nitrogens is 1. The number of carbonyl (C=O) groups is 1. The van der Waals surface area contributed by atoms with Gasteiger partial charge in [0.25, 0.3) is 11.3 Å². The second kappa shape index (κ2) is 9.17. The van der Waals surface area contributed by atoms with Crippen molar-refractivity contribution in [2.75, 3.05) is 37.7 Å². The number of nitrogens with one attached hydrogen (secondary N) is 1. The Bertz CT molecular complexity index is 1110. The largest absolute Gasteiger partial charge is 0.444 e. The van der Waals surface area contributed by atoms with Crippen LogP contribution >= 0.6 is 0 Å². The van der Waals surface area contributed by atoms with E-state index in [1.165, 1.54) is 4.52 Å². The Morgan fingerprint density at radius 3 is 2.73 bits per heavy atom. The summed E-state index contributed by atoms with van der Waals surface area (Å²) < 4.78 is 12.4. The van der Waals surface area contributed by atoms with E-state index in [4.69, 9.17) is 14.5 Å². The fourth-order valence-electron chi connectivity index (χ4n) is 4.28. The molecular weight excluding hydrogens is 424 g/mol. The van der Waals surface area contributed by atoms with Gasteiger partial charge in [-0.3, -0.25) is 9.89 Å². The van der Waals surface area contributed by atoms with Crippen molar-refractivity contribution < 1.29 is 14.3 Å². The van der Waals surface area contributed by atoms with Gasteiger partial charge in [0, 0.05) is 25.7 Å². The van der Waals surface area contributed by atoms with E-state index < -0.39 is 5.60 Å². The molecule has 33 heavy (non-hydrogen) atoms. The molecule has 0 unspecified atom stereocenters. The zero-order valence-electron chi connectivity index (χ0n) is 20.2. The molecule has 1 atom stereocenters. The smallest absolute Gasteiger partial charge is 0.410 e. The van der Waals surface area contributed by atoms with Gasteiger partial charge in [-0.2, -0.15) is 9.50 Å². The van der Waals surface area contributed by atoms with Gasteiger partial charge in [-0.1, -0.05) is 13.0 Å². The minimum Gasteiger partial charge on any atom is -0.444 e. The lowest BCUT2D eigenvalue weighted by molar-refractivity contribution is 0.0191. The van der Waals surface area contributed by atoms with Crippen LogP contribution in [0.3, 0.4) is 0 Å². The van der Waals surface area contributed by atoms with Crippen LogP contribution in [0.2, 0.25) is 0 Å². The molecule has 0 spiro atoms. The van der Waals surface area contributed by atoms with Gasteiger partial charge in [-0.15, -0.1) is 0 Å². The molecule has 1 N–H and O–H groups in total. The number of nitrogens with zero attached hydrogens (tertiary/aromatic N) is 5. The summed E-state index contributed by atoms with van der Waals surface area (Å²) in [6.07, 6.45) is 3.75. The number of carbonyl (C=O) groups excluding carboxylic acids is 1. The number of hydrogen-bond acceptors (Lipinski definition) is 7. The highest BCUT2D eigenvalue weighted by Crippen LogP contribution is 2.23. The van der Waals surface area contributed by atoms with Crippen molar-refractivity contribution in [3.63, 3.8) is 0 Å². The minimum atomic E-state index is -0.551. The number of aromatic nitrogens is 4. The predicted octanol–water partition coefficient (Wildman–Crippen LogP) is 2.62. The zero-order valence-corrected chi connectivity index (χ0v) is 20.2. The molecule has 0 bridgehead atoms. The highest BCUT2D eigenvalue weighted by Gasteiger charge is 2.31. The molecule has 4 rings (SSSR count). The van der Waals surface area contributed by atoms with Gasteiger partial charge in [0.15, 0.2) is 5.82 Å². The van der Waals surface area contributed by atoms with Crippen molar-refractivity contribution in [3.05, 3.63) is 27.9 Å². The molecule has 0 saturated carbocycles. The first-order valence-electron chi connectivity index (χ1n) is 11.7. The van der Waals surface area contributed by atoms with Crippen molar-refractivity contribution >= 4 is 23.1 Å². The molecule has 10 nitrogen and oxygen atoms in total. The Morgan fingerprint density at radius 2 is 2.06 bits per heavy atom. The van der Waals surface area contributed by atoms with Crippen molar-refractivity contribution in [3.8, 4) is 0 Å². The maximum Gasteiger partial charge on any atom is 0.410 e. The van der Waals surface area contributed by atoms with Crippen molar-refractivity contribution in [1.29, 1.82) is 0 Å². The topological polar surface area (TPSA) is 105 Å². The van der Waals surface area contributed by atoms with E-state index >= 15 is 0 Å². The molecule has 10 heteroatoms. The fourth-order valence-corrected chi connectivity index (χ4v) is 4.28. The first kappa shape index (κ1) is 23.3. The number of ether oxygens (including phenoxy) is 2. The Morgan fingerprint density at radius 1 is 1.27 bits per heavy atom. The van der Waals surface area contributed by atoms with E-state index in [2.05, 4.69) is 15.0 Å². The summed E-state index contributed by atoms with van der Waals surface area (Å²) in [6.45, 7) is 12.4. The average Bonchev–Trinajstić information content (AvgIpc) is 3.11. The summed E-state index contributed by atoms with van der Waals surface area (Å²) in [5, 5.41) is 3.14. The van der Waals surface area contributed by atoms with Crippen LogP contribution in [0.4, 0.5) is 10.5 Å². The van der Waals surface area contributed by atoms with Gasteiger partial charge >= 0.3 is 6.09 Å². The van der Waals surface area contributed by atoms with Crippen LogP contribution in [0, 0.1) is 0 Å². The third-order valence-corrected chi connectivity index (χ3v) is 6.05. The lowest BCUT2D eigenvalue weighted by Gasteiger charge is -2.30. The lowest BCUT2D eigenvalue weighted by Crippen LogP contribution is -2.43. The number of amides is 1. The maximum atomic E-state index is 13.6. The van der Waals surface area contributed by atoms with Crippen LogP contribution in [0.1, 0.15) is 59.0 Å². The fraction of sp³-hybridized carbons (Fsp3) is 0.652. The summed E-state index contributed by atoms with van der Waals surface area (Å²) in [7, 11) is 0. The van der Waals surface area contributed by atoms with Crippen molar-refractivity contribution in [2.45, 2.75) is 65.5 Å². The van der Waals surface area contributed by atoms with Gasteiger partial charge in [0.05, 0.1) is 18.9 Å². The molecule has 2 aliphatic rings. The predicted molar refractivity (Wildman–Crippen MR) is 126 cm³/mol. The number of hydrogen-bond donors (Lipinski definition) is 1. The normalized spacial score (nSPS) is 20.0. The molecule has 0 aliphatic carbocycles. The summed E-state index contributed by atoms with van der Waals surface area (Å²) >= 11 is 0. The van der Waals surface area contributed by atoms with E-state index in [1.807, 2.05) is 40.7 Å². The standard InChI is InChI=1S/C23H34N6O4/c1-6-17-18(27-10-7-15(2)28(12-11-27)22(31)33-23(3,4)5)20(30)29-21(24-17)25-19(26-29)16-8-13-32-14-9-16/h8,15H,6-7,9-14H2,1-5H3,(H,24,25,26)/t15-/m0/s1. The third kappa shape index (κ3) is 4.90. The van der Waals surface area contributed by atoms with Crippen LogP contribution < -0.4 is 10.5 Å². The number of rotatable bonds is 3. The van der Waals surface area contributed by atoms with Gasteiger partial charge in [0.1, 0.15) is 11.3 Å². The van der Waals surface area contributed by atoms with Crippen LogP contribution in [-0.4, -0.2) is 75.1 Å². The van der Waals surface area contributed by atoms with Crippen molar-refractivity contribution in [1.82, 2.24) is 24.5 Å². The average molecular weight is 459 g/mol. The second-order valence-corrected chi connectivity index (χ2v) is 9.63. The van der Waals surface area contributed by atoms with Crippen LogP contribution in [0.25, 0.3) is 11.4 Å². The molecule has 0 aromatic carbocycles. The molecule has 1 fully saturated rings. The number of fused-ring (bicyclic) bond motifs is 1. The monoisotopic (exact) mass is 458 g/mol. The minimum absolute atomic E-state index is 0.00795. The SMILES string of the molecule is CCc1nc2nc(C3=CCOCC3)[nH]n2c(=O)c1N1CC[C@H](C)N(C(=O)OC(C)(C)C)CC1. The molecule has 2 aliphatic heterocycles. The van der Waals surface area contributed by atoms with Gasteiger partial charge < -0.3 is 19.3 Å². The number of anilines is 1. The van der Waals surface area contributed by atoms with Crippen LogP contribution in [0.15, 0.2) is 10.9 Å². The Labute approximate surface area is 193 Å². The van der Waals surface area contributed by atoms with E-state index in [1.54, 1.807) is 4.90 Å². The molecule has 180 valence electrons. The Kier molecular flexibility index (Phi) is 6.47. The van der Waals surface area contributed by atoms with E-state index in [0.29, 0.717) is 56.6 Å².